The SMILES string of the molecule is Cc1ccc(C)c(-c2ncc3n2CCNC3)c1. The smallest absolute Gasteiger partial charge is 0.140 e. The van der Waals surface area contributed by atoms with Crippen LogP contribution in [-0.2, 0) is 13.1 Å². The Hall–Kier alpha value is -1.61. The third-order valence-corrected chi connectivity index (χ3v) is 3.39. The van der Waals surface area contributed by atoms with Crippen LogP contribution < -0.4 is 5.32 Å². The Balaban J connectivity index is 2.15. The van der Waals surface area contributed by atoms with Crippen LogP contribution in [0.5, 0.6) is 0 Å². The molecule has 0 spiro atoms. The molecule has 1 aliphatic heterocycles. The summed E-state index contributed by atoms with van der Waals surface area (Å²) in [5.74, 6) is 1.11. The zero-order valence-corrected chi connectivity index (χ0v) is 10.3. The van der Waals surface area contributed by atoms with Crippen molar-refractivity contribution in [3.8, 4) is 11.4 Å². The van der Waals surface area contributed by atoms with Crippen molar-refractivity contribution in [1.29, 1.82) is 0 Å². The molecule has 0 unspecified atom stereocenters. The van der Waals surface area contributed by atoms with Crippen molar-refractivity contribution in [2.24, 2.45) is 0 Å². The molecule has 0 aliphatic carbocycles. The largest absolute Gasteiger partial charge is 0.326 e. The van der Waals surface area contributed by atoms with Gasteiger partial charge in [0.15, 0.2) is 0 Å². The van der Waals surface area contributed by atoms with Crippen LogP contribution in [0, 0.1) is 13.8 Å². The van der Waals surface area contributed by atoms with E-state index < -0.39 is 0 Å². The summed E-state index contributed by atoms with van der Waals surface area (Å²) >= 11 is 0. The number of fused-ring (bicyclic) bond motifs is 1. The number of nitrogens with one attached hydrogen (secondary N) is 1. The molecule has 88 valence electrons. The van der Waals surface area contributed by atoms with Crippen molar-refractivity contribution in [3.63, 3.8) is 0 Å². The van der Waals surface area contributed by atoms with Gasteiger partial charge in [0.05, 0.1) is 11.9 Å². The molecule has 0 saturated heterocycles. The summed E-state index contributed by atoms with van der Waals surface area (Å²) in [7, 11) is 0. The van der Waals surface area contributed by atoms with Gasteiger partial charge in [-0.2, -0.15) is 0 Å². The summed E-state index contributed by atoms with van der Waals surface area (Å²) < 4.78 is 2.33. The van der Waals surface area contributed by atoms with Gasteiger partial charge in [-0.1, -0.05) is 17.7 Å². The molecule has 2 aromatic rings. The molecule has 1 N–H and O–H groups in total. The number of hydrogen-bond acceptors (Lipinski definition) is 2. The Labute approximate surface area is 101 Å². The molecule has 0 fully saturated rings. The van der Waals surface area contributed by atoms with E-state index >= 15 is 0 Å². The second-order valence-corrected chi connectivity index (χ2v) is 4.72. The first-order valence-corrected chi connectivity index (χ1v) is 6.08. The van der Waals surface area contributed by atoms with Crippen LogP contribution in [0.4, 0.5) is 0 Å². The molecule has 0 saturated carbocycles. The Morgan fingerprint density at radius 1 is 1.29 bits per heavy atom. The van der Waals surface area contributed by atoms with Gasteiger partial charge in [0, 0.05) is 25.2 Å². The fourth-order valence-corrected chi connectivity index (χ4v) is 2.40. The molecule has 3 rings (SSSR count). The van der Waals surface area contributed by atoms with Crippen LogP contribution in [0.1, 0.15) is 16.8 Å². The van der Waals surface area contributed by atoms with Crippen molar-refractivity contribution < 1.29 is 0 Å². The number of nitrogens with zero attached hydrogens (tertiary/aromatic N) is 2. The minimum Gasteiger partial charge on any atom is -0.326 e. The predicted molar refractivity (Wildman–Crippen MR) is 68.8 cm³/mol. The highest BCUT2D eigenvalue weighted by atomic mass is 15.1. The van der Waals surface area contributed by atoms with Crippen molar-refractivity contribution in [3.05, 3.63) is 41.2 Å². The minimum absolute atomic E-state index is 0.928. The minimum atomic E-state index is 0.928. The summed E-state index contributed by atoms with van der Waals surface area (Å²) in [4.78, 5) is 4.59. The fraction of sp³-hybridized carbons (Fsp3) is 0.357. The lowest BCUT2D eigenvalue weighted by Crippen LogP contribution is -2.28. The van der Waals surface area contributed by atoms with Gasteiger partial charge < -0.3 is 9.88 Å². The van der Waals surface area contributed by atoms with Gasteiger partial charge in [0.25, 0.3) is 0 Å². The lowest BCUT2D eigenvalue weighted by molar-refractivity contribution is 0.519. The van der Waals surface area contributed by atoms with E-state index in [1.807, 2.05) is 6.20 Å². The van der Waals surface area contributed by atoms with E-state index in [9.17, 15) is 0 Å². The zero-order valence-electron chi connectivity index (χ0n) is 10.3. The molecule has 0 bridgehead atoms. The van der Waals surface area contributed by atoms with E-state index in [0.29, 0.717) is 0 Å². The fourth-order valence-electron chi connectivity index (χ4n) is 2.40. The number of benzene rings is 1. The monoisotopic (exact) mass is 227 g/mol. The van der Waals surface area contributed by atoms with E-state index in [2.05, 4.69) is 46.9 Å². The Kier molecular flexibility index (Phi) is 2.48. The van der Waals surface area contributed by atoms with Crippen molar-refractivity contribution in [2.45, 2.75) is 26.9 Å². The summed E-state index contributed by atoms with van der Waals surface area (Å²) in [5, 5.41) is 3.37. The van der Waals surface area contributed by atoms with Crippen molar-refractivity contribution >= 4 is 0 Å². The molecule has 2 heterocycles. The van der Waals surface area contributed by atoms with E-state index in [4.69, 9.17) is 0 Å². The molecule has 1 aliphatic rings. The maximum Gasteiger partial charge on any atom is 0.140 e. The summed E-state index contributed by atoms with van der Waals surface area (Å²) in [5.41, 5.74) is 5.13. The summed E-state index contributed by atoms with van der Waals surface area (Å²) in [6.07, 6.45) is 1.99. The zero-order chi connectivity index (χ0) is 11.8. The quantitative estimate of drug-likeness (QED) is 0.810. The lowest BCUT2D eigenvalue weighted by Gasteiger charge is -2.18. The first-order chi connectivity index (χ1) is 8.25. The van der Waals surface area contributed by atoms with Gasteiger partial charge in [-0.15, -0.1) is 0 Å². The van der Waals surface area contributed by atoms with Gasteiger partial charge >= 0.3 is 0 Å². The Bertz CT molecular complexity index is 555. The number of aromatic nitrogens is 2. The first-order valence-electron chi connectivity index (χ1n) is 6.08. The Morgan fingerprint density at radius 3 is 3.06 bits per heavy atom. The van der Waals surface area contributed by atoms with E-state index in [1.165, 1.54) is 22.4 Å². The van der Waals surface area contributed by atoms with Gasteiger partial charge in [-0.25, -0.2) is 4.98 Å². The number of rotatable bonds is 1. The maximum atomic E-state index is 4.59. The van der Waals surface area contributed by atoms with Gasteiger partial charge in [-0.3, -0.25) is 0 Å². The second-order valence-electron chi connectivity index (χ2n) is 4.72. The van der Waals surface area contributed by atoms with E-state index in [-0.39, 0.29) is 0 Å². The molecule has 1 aromatic carbocycles. The molecular formula is C14H17N3. The molecule has 0 amide bonds. The summed E-state index contributed by atoms with van der Waals surface area (Å²) in [6, 6.07) is 6.56. The van der Waals surface area contributed by atoms with Crippen LogP contribution in [0.25, 0.3) is 11.4 Å². The Morgan fingerprint density at radius 2 is 2.18 bits per heavy atom. The lowest BCUT2D eigenvalue weighted by atomic mass is 10.1. The first kappa shape index (κ1) is 10.5. The third-order valence-electron chi connectivity index (χ3n) is 3.39. The molecule has 3 nitrogen and oxygen atoms in total. The topological polar surface area (TPSA) is 29.9 Å². The van der Waals surface area contributed by atoms with Crippen molar-refractivity contribution in [2.75, 3.05) is 6.54 Å². The molecule has 3 heteroatoms. The maximum absolute atomic E-state index is 4.59. The second kappa shape index (κ2) is 4.00. The predicted octanol–water partition coefficient (Wildman–Crippen LogP) is 2.27. The van der Waals surface area contributed by atoms with Gasteiger partial charge in [0.2, 0.25) is 0 Å². The van der Waals surface area contributed by atoms with Gasteiger partial charge in [-0.05, 0) is 25.5 Å². The number of hydrogen-bond donors (Lipinski definition) is 1. The molecule has 17 heavy (non-hydrogen) atoms. The average molecular weight is 227 g/mol. The van der Waals surface area contributed by atoms with Crippen molar-refractivity contribution in [1.82, 2.24) is 14.9 Å². The number of aryl methyl sites for hydroxylation is 2. The van der Waals surface area contributed by atoms with Gasteiger partial charge in [0.1, 0.15) is 5.82 Å². The standard InChI is InChI=1S/C14H17N3/c1-10-3-4-11(2)13(7-10)14-16-9-12-8-15-5-6-17(12)14/h3-4,7,9,15H,5-6,8H2,1-2H3. The highest BCUT2D eigenvalue weighted by Crippen LogP contribution is 2.25. The normalized spacial score (nSPS) is 14.7. The van der Waals surface area contributed by atoms with Crippen LogP contribution in [0.2, 0.25) is 0 Å². The van der Waals surface area contributed by atoms with E-state index in [1.54, 1.807) is 0 Å². The highest BCUT2D eigenvalue weighted by molar-refractivity contribution is 5.62. The van der Waals surface area contributed by atoms with E-state index in [0.717, 1.165) is 25.5 Å². The highest BCUT2D eigenvalue weighted by Gasteiger charge is 2.15. The third kappa shape index (κ3) is 1.76. The molecule has 0 atom stereocenters. The van der Waals surface area contributed by atoms with Crippen LogP contribution in [0.3, 0.4) is 0 Å². The molecular weight excluding hydrogens is 210 g/mol. The average Bonchev–Trinajstić information content (AvgIpc) is 2.76. The molecule has 0 radical (unpaired) electrons. The van der Waals surface area contributed by atoms with Crippen LogP contribution in [0.15, 0.2) is 24.4 Å². The molecule has 1 aromatic heterocycles. The van der Waals surface area contributed by atoms with Crippen LogP contribution in [-0.4, -0.2) is 16.1 Å². The number of imidazole rings is 1. The summed E-state index contributed by atoms with van der Waals surface area (Å²) in [6.45, 7) is 7.25. The van der Waals surface area contributed by atoms with Crippen LogP contribution >= 0.6 is 0 Å².